The minimum Gasteiger partial charge on any atom is -0.466 e. The Bertz CT molecular complexity index is 759. The van der Waals surface area contributed by atoms with Crippen molar-refractivity contribution in [1.82, 2.24) is 0 Å². The highest BCUT2D eigenvalue weighted by atomic mass is 35.5. The SMILES string of the molecule is Cc1ccc(C(CC(=O)c2ccc(Cl)cc2)C(C#N)C(N)=O)o1. The van der Waals surface area contributed by atoms with Gasteiger partial charge >= 0.3 is 0 Å². The third-order valence-corrected chi connectivity index (χ3v) is 3.80. The summed E-state index contributed by atoms with van der Waals surface area (Å²) in [6.45, 7) is 1.74. The first-order valence-electron chi connectivity index (χ1n) is 6.96. The Hall–Kier alpha value is -2.58. The van der Waals surface area contributed by atoms with Crippen LogP contribution in [0.4, 0.5) is 0 Å². The normalized spacial score (nSPS) is 13.1. The fourth-order valence-electron chi connectivity index (χ4n) is 2.34. The van der Waals surface area contributed by atoms with E-state index in [1.807, 2.05) is 6.07 Å². The maximum atomic E-state index is 12.4. The number of hydrogen-bond donors (Lipinski definition) is 1. The number of hydrogen-bond acceptors (Lipinski definition) is 4. The Morgan fingerprint density at radius 2 is 1.91 bits per heavy atom. The second kappa shape index (κ2) is 7.12. The van der Waals surface area contributed by atoms with Crippen molar-refractivity contribution in [3.05, 3.63) is 58.5 Å². The number of furan rings is 1. The van der Waals surface area contributed by atoms with Crippen LogP contribution < -0.4 is 5.73 Å². The van der Waals surface area contributed by atoms with Gasteiger partial charge in [-0.15, -0.1) is 0 Å². The van der Waals surface area contributed by atoms with Crippen molar-refractivity contribution in [3.63, 3.8) is 0 Å². The fourth-order valence-corrected chi connectivity index (χ4v) is 2.47. The molecule has 1 heterocycles. The van der Waals surface area contributed by atoms with Crippen LogP contribution in [0.3, 0.4) is 0 Å². The lowest BCUT2D eigenvalue weighted by Gasteiger charge is -2.17. The smallest absolute Gasteiger partial charge is 0.235 e. The van der Waals surface area contributed by atoms with Gasteiger partial charge in [0.05, 0.1) is 6.07 Å². The van der Waals surface area contributed by atoms with Gasteiger partial charge in [-0.1, -0.05) is 11.6 Å². The number of nitriles is 1. The largest absolute Gasteiger partial charge is 0.466 e. The summed E-state index contributed by atoms with van der Waals surface area (Å²) in [5.41, 5.74) is 5.74. The number of ketones is 1. The number of rotatable bonds is 6. The Labute approximate surface area is 138 Å². The molecule has 5 nitrogen and oxygen atoms in total. The van der Waals surface area contributed by atoms with Crippen LogP contribution in [-0.4, -0.2) is 11.7 Å². The van der Waals surface area contributed by atoms with Gasteiger partial charge in [0.25, 0.3) is 0 Å². The number of halogens is 1. The number of aryl methyl sites for hydroxylation is 1. The van der Waals surface area contributed by atoms with Crippen LogP contribution in [0.1, 0.15) is 34.2 Å². The molecule has 23 heavy (non-hydrogen) atoms. The highest BCUT2D eigenvalue weighted by Crippen LogP contribution is 2.31. The topological polar surface area (TPSA) is 97.1 Å². The molecule has 6 heteroatoms. The average molecular weight is 331 g/mol. The quantitative estimate of drug-likeness (QED) is 0.822. The van der Waals surface area contributed by atoms with Crippen LogP contribution in [0.15, 0.2) is 40.8 Å². The molecule has 2 atom stereocenters. The van der Waals surface area contributed by atoms with E-state index >= 15 is 0 Å². The summed E-state index contributed by atoms with van der Waals surface area (Å²) < 4.78 is 5.50. The lowest BCUT2D eigenvalue weighted by molar-refractivity contribution is -0.120. The van der Waals surface area contributed by atoms with Gasteiger partial charge in [-0.25, -0.2) is 0 Å². The maximum Gasteiger partial charge on any atom is 0.235 e. The predicted octanol–water partition coefficient (Wildman–Crippen LogP) is 3.22. The standard InChI is InChI=1S/C17H15ClN2O3/c1-10-2-7-16(23-10)13(14(9-19)17(20)22)8-15(21)11-3-5-12(18)6-4-11/h2-7,13-14H,8H2,1H3,(H2,20,22). The van der Waals surface area contributed by atoms with E-state index in [0.29, 0.717) is 22.1 Å². The molecule has 0 aliphatic carbocycles. The molecule has 1 amide bonds. The Balaban J connectivity index is 2.31. The van der Waals surface area contributed by atoms with Gasteiger partial charge in [0.1, 0.15) is 17.4 Å². The molecule has 2 unspecified atom stereocenters. The van der Waals surface area contributed by atoms with Gasteiger partial charge in [0.2, 0.25) is 5.91 Å². The van der Waals surface area contributed by atoms with Crippen molar-refractivity contribution in [3.8, 4) is 6.07 Å². The second-order valence-electron chi connectivity index (χ2n) is 5.20. The minimum atomic E-state index is -1.14. The van der Waals surface area contributed by atoms with E-state index < -0.39 is 17.7 Å². The van der Waals surface area contributed by atoms with Crippen molar-refractivity contribution in [1.29, 1.82) is 5.26 Å². The molecule has 0 fully saturated rings. The summed E-state index contributed by atoms with van der Waals surface area (Å²) in [6.07, 6.45) is -0.0598. The molecule has 0 aliphatic rings. The molecule has 0 spiro atoms. The Morgan fingerprint density at radius 1 is 1.26 bits per heavy atom. The number of carbonyl (C=O) groups is 2. The molecule has 118 valence electrons. The highest BCUT2D eigenvalue weighted by Gasteiger charge is 2.32. The molecular formula is C17H15ClN2O3. The predicted molar refractivity (Wildman–Crippen MR) is 84.9 cm³/mol. The molecule has 2 aromatic rings. The average Bonchev–Trinajstić information content (AvgIpc) is 2.93. The zero-order chi connectivity index (χ0) is 17.0. The Kier molecular flexibility index (Phi) is 5.20. The van der Waals surface area contributed by atoms with Gasteiger partial charge in [-0.2, -0.15) is 5.26 Å². The molecule has 2 rings (SSSR count). The summed E-state index contributed by atoms with van der Waals surface area (Å²) in [5.74, 6) is -1.84. The summed E-state index contributed by atoms with van der Waals surface area (Å²) in [4.78, 5) is 24.0. The van der Waals surface area contributed by atoms with Gasteiger partial charge in [0, 0.05) is 22.9 Å². The number of nitrogens with two attached hydrogens (primary N) is 1. The molecule has 0 saturated carbocycles. The summed E-state index contributed by atoms with van der Waals surface area (Å²) >= 11 is 5.80. The first-order chi connectivity index (χ1) is 10.9. The van der Waals surface area contributed by atoms with E-state index in [4.69, 9.17) is 21.8 Å². The zero-order valence-electron chi connectivity index (χ0n) is 12.5. The van der Waals surface area contributed by atoms with Crippen molar-refractivity contribution in [2.24, 2.45) is 11.7 Å². The molecule has 1 aromatic carbocycles. The van der Waals surface area contributed by atoms with E-state index in [1.54, 1.807) is 43.3 Å². The van der Waals surface area contributed by atoms with Crippen LogP contribution in [0.5, 0.6) is 0 Å². The van der Waals surface area contributed by atoms with E-state index in [9.17, 15) is 14.9 Å². The van der Waals surface area contributed by atoms with Gasteiger partial charge in [-0.3, -0.25) is 9.59 Å². The molecule has 0 bridgehead atoms. The minimum absolute atomic E-state index is 0.0598. The van der Waals surface area contributed by atoms with Crippen LogP contribution in [0.2, 0.25) is 5.02 Å². The van der Waals surface area contributed by atoms with E-state index in [2.05, 4.69) is 0 Å². The van der Waals surface area contributed by atoms with E-state index in [-0.39, 0.29) is 12.2 Å². The third kappa shape index (κ3) is 3.99. The third-order valence-electron chi connectivity index (χ3n) is 3.55. The molecule has 1 aromatic heterocycles. The van der Waals surface area contributed by atoms with Crippen LogP contribution in [-0.2, 0) is 4.79 Å². The fraction of sp³-hybridized carbons (Fsp3) is 0.235. The Morgan fingerprint density at radius 3 is 2.39 bits per heavy atom. The van der Waals surface area contributed by atoms with Crippen LogP contribution >= 0.6 is 11.6 Å². The molecule has 0 aliphatic heterocycles. The van der Waals surface area contributed by atoms with Crippen molar-refractivity contribution in [2.75, 3.05) is 0 Å². The lowest BCUT2D eigenvalue weighted by Crippen LogP contribution is -2.29. The highest BCUT2D eigenvalue weighted by molar-refractivity contribution is 6.30. The van der Waals surface area contributed by atoms with Gasteiger partial charge in [-0.05, 0) is 43.3 Å². The number of primary amides is 1. The van der Waals surface area contributed by atoms with Crippen molar-refractivity contribution in [2.45, 2.75) is 19.3 Å². The number of Topliss-reactive ketones (excluding diaryl/α,β-unsaturated/α-hetero) is 1. The molecule has 0 radical (unpaired) electrons. The maximum absolute atomic E-state index is 12.4. The van der Waals surface area contributed by atoms with Crippen molar-refractivity contribution < 1.29 is 14.0 Å². The number of benzene rings is 1. The number of carbonyl (C=O) groups excluding carboxylic acids is 2. The van der Waals surface area contributed by atoms with Crippen LogP contribution in [0.25, 0.3) is 0 Å². The summed E-state index contributed by atoms with van der Waals surface area (Å²) in [7, 11) is 0. The monoisotopic (exact) mass is 330 g/mol. The summed E-state index contributed by atoms with van der Waals surface area (Å²) in [5, 5.41) is 9.75. The molecule has 0 saturated heterocycles. The first-order valence-corrected chi connectivity index (χ1v) is 7.34. The van der Waals surface area contributed by atoms with Gasteiger partial charge in [0.15, 0.2) is 5.78 Å². The van der Waals surface area contributed by atoms with Gasteiger partial charge < -0.3 is 10.2 Å². The zero-order valence-corrected chi connectivity index (χ0v) is 13.2. The van der Waals surface area contributed by atoms with E-state index in [1.165, 1.54) is 0 Å². The lowest BCUT2D eigenvalue weighted by atomic mass is 9.85. The van der Waals surface area contributed by atoms with Crippen LogP contribution in [0, 0.1) is 24.2 Å². The van der Waals surface area contributed by atoms with Crippen molar-refractivity contribution >= 4 is 23.3 Å². The first kappa shape index (κ1) is 16.8. The summed E-state index contributed by atoms with van der Waals surface area (Å²) in [6, 6.07) is 11.6. The second-order valence-corrected chi connectivity index (χ2v) is 5.63. The molecule has 2 N–H and O–H groups in total. The molecular weight excluding hydrogens is 316 g/mol. The number of nitrogens with zero attached hydrogens (tertiary/aromatic N) is 1. The number of amides is 1. The van der Waals surface area contributed by atoms with E-state index in [0.717, 1.165) is 0 Å².